The molecule has 1 aliphatic carbocycles. The van der Waals surface area contributed by atoms with Gasteiger partial charge in [0, 0.05) is 26.1 Å². The van der Waals surface area contributed by atoms with E-state index in [2.05, 4.69) is 5.32 Å². The van der Waals surface area contributed by atoms with Crippen LogP contribution < -0.4 is 5.32 Å². The number of nitrogens with one attached hydrogen (secondary N) is 1. The molecule has 0 radical (unpaired) electrons. The molecule has 0 heterocycles. The van der Waals surface area contributed by atoms with E-state index >= 15 is 0 Å². The Balaban J connectivity index is 1.28. The van der Waals surface area contributed by atoms with Crippen LogP contribution in [-0.4, -0.2) is 60.8 Å². The fourth-order valence-electron chi connectivity index (χ4n) is 4.70. The minimum Gasteiger partial charge on any atom is -0.481 e. The van der Waals surface area contributed by atoms with E-state index in [-0.39, 0.29) is 12.5 Å². The van der Waals surface area contributed by atoms with Gasteiger partial charge in [0.2, 0.25) is 5.91 Å². The van der Waals surface area contributed by atoms with Gasteiger partial charge in [-0.3, -0.25) is 9.59 Å². The number of rotatable bonds is 12. The molecular weight excluding hydrogens is 484 g/mol. The fourth-order valence-corrected chi connectivity index (χ4v) is 4.70. The molecule has 4 rings (SSSR count). The van der Waals surface area contributed by atoms with Crippen molar-refractivity contribution in [3.05, 3.63) is 95.6 Å². The third-order valence-corrected chi connectivity index (χ3v) is 6.58. The van der Waals surface area contributed by atoms with E-state index in [0.29, 0.717) is 26.2 Å². The van der Waals surface area contributed by atoms with Gasteiger partial charge >= 0.3 is 12.1 Å². The van der Waals surface area contributed by atoms with E-state index in [0.717, 1.165) is 27.8 Å². The highest BCUT2D eigenvalue weighted by Crippen LogP contribution is 2.44. The van der Waals surface area contributed by atoms with E-state index in [1.807, 2.05) is 78.9 Å². The van der Waals surface area contributed by atoms with Gasteiger partial charge in [-0.1, -0.05) is 78.9 Å². The lowest BCUT2D eigenvalue weighted by Gasteiger charge is -2.24. The quantitative estimate of drug-likeness (QED) is 0.345. The Kier molecular flexibility index (Phi) is 9.11. The summed E-state index contributed by atoms with van der Waals surface area (Å²) in [5, 5.41) is 11.8. The second-order valence-electron chi connectivity index (χ2n) is 9.27. The highest BCUT2D eigenvalue weighted by molar-refractivity contribution is 5.89. The van der Waals surface area contributed by atoms with Crippen LogP contribution in [0.1, 0.15) is 35.4 Å². The number of carboxylic acids is 1. The number of carboxylic acid groups (broad SMARTS) is 1. The molecule has 0 aromatic heterocycles. The number of fused-ring (bicyclic) bond motifs is 3. The summed E-state index contributed by atoms with van der Waals surface area (Å²) in [5.74, 6) is -1.83. The first kappa shape index (κ1) is 26.9. The molecule has 0 saturated heterocycles. The minimum atomic E-state index is -1.24. The van der Waals surface area contributed by atoms with Gasteiger partial charge in [-0.05, 0) is 34.2 Å². The van der Waals surface area contributed by atoms with Gasteiger partial charge < -0.3 is 24.8 Å². The molecule has 2 N–H and O–H groups in total. The third-order valence-electron chi connectivity index (χ3n) is 6.58. The number of hydrogen-bond acceptors (Lipinski definition) is 5. The smallest absolute Gasteiger partial charge is 0.407 e. The molecule has 2 amide bonds. The van der Waals surface area contributed by atoms with Crippen LogP contribution >= 0.6 is 0 Å². The predicted molar refractivity (Wildman–Crippen MR) is 143 cm³/mol. The Bertz CT molecular complexity index is 1220. The average Bonchev–Trinajstić information content (AvgIpc) is 3.25. The van der Waals surface area contributed by atoms with Crippen LogP contribution in [0.25, 0.3) is 11.1 Å². The SMILES string of the molecule is CN(CCCOCc1ccccc1)C(=O)C(CC(=O)O)NC(=O)OCC1c2ccccc2-c2ccccc21. The monoisotopic (exact) mass is 516 g/mol. The molecule has 8 nitrogen and oxygen atoms in total. The van der Waals surface area contributed by atoms with Crippen LogP contribution in [0.2, 0.25) is 0 Å². The maximum Gasteiger partial charge on any atom is 0.407 e. The third kappa shape index (κ3) is 6.77. The van der Waals surface area contributed by atoms with Gasteiger partial charge in [0.25, 0.3) is 0 Å². The van der Waals surface area contributed by atoms with Crippen LogP contribution in [-0.2, 0) is 25.7 Å². The first-order valence-electron chi connectivity index (χ1n) is 12.6. The molecule has 1 atom stereocenters. The molecule has 38 heavy (non-hydrogen) atoms. The van der Waals surface area contributed by atoms with Crippen LogP contribution in [0.15, 0.2) is 78.9 Å². The summed E-state index contributed by atoms with van der Waals surface area (Å²) in [4.78, 5) is 38.4. The molecule has 0 saturated carbocycles. The van der Waals surface area contributed by atoms with E-state index < -0.39 is 30.4 Å². The zero-order valence-corrected chi connectivity index (χ0v) is 21.3. The summed E-state index contributed by atoms with van der Waals surface area (Å²) >= 11 is 0. The van der Waals surface area contributed by atoms with Crippen LogP contribution in [0, 0.1) is 0 Å². The number of amides is 2. The molecule has 1 aliphatic rings. The molecular formula is C30H32N2O6. The first-order valence-corrected chi connectivity index (χ1v) is 12.6. The highest BCUT2D eigenvalue weighted by atomic mass is 16.5. The van der Waals surface area contributed by atoms with Crippen LogP contribution in [0.3, 0.4) is 0 Å². The van der Waals surface area contributed by atoms with Crippen molar-refractivity contribution in [3.8, 4) is 11.1 Å². The fraction of sp³-hybridized carbons (Fsp3) is 0.300. The Hall–Kier alpha value is -4.17. The van der Waals surface area contributed by atoms with Gasteiger partial charge in [-0.25, -0.2) is 4.79 Å². The average molecular weight is 517 g/mol. The van der Waals surface area contributed by atoms with Gasteiger partial charge in [0.05, 0.1) is 13.0 Å². The Labute approximate surface area is 222 Å². The first-order chi connectivity index (χ1) is 18.4. The molecule has 0 aliphatic heterocycles. The van der Waals surface area contributed by atoms with Gasteiger partial charge in [-0.2, -0.15) is 0 Å². The number of hydrogen-bond donors (Lipinski definition) is 2. The summed E-state index contributed by atoms with van der Waals surface area (Å²) in [6, 6.07) is 24.5. The van der Waals surface area contributed by atoms with Crippen molar-refractivity contribution < 1.29 is 29.0 Å². The van der Waals surface area contributed by atoms with Crippen molar-refractivity contribution in [2.45, 2.75) is 31.4 Å². The summed E-state index contributed by atoms with van der Waals surface area (Å²) in [6.45, 7) is 1.35. The molecule has 198 valence electrons. The number of nitrogens with zero attached hydrogens (tertiary/aromatic N) is 1. The van der Waals surface area contributed by atoms with E-state index in [1.54, 1.807) is 7.05 Å². The molecule has 3 aromatic carbocycles. The number of ether oxygens (including phenoxy) is 2. The molecule has 1 unspecified atom stereocenters. The van der Waals surface area contributed by atoms with Gasteiger partial charge in [-0.15, -0.1) is 0 Å². The zero-order chi connectivity index (χ0) is 26.9. The van der Waals surface area contributed by atoms with Crippen LogP contribution in [0.4, 0.5) is 4.79 Å². The maximum atomic E-state index is 12.9. The second kappa shape index (κ2) is 12.9. The van der Waals surface area contributed by atoms with Crippen molar-refractivity contribution in [2.75, 3.05) is 26.8 Å². The van der Waals surface area contributed by atoms with Crippen molar-refractivity contribution in [3.63, 3.8) is 0 Å². The van der Waals surface area contributed by atoms with Crippen LogP contribution in [0.5, 0.6) is 0 Å². The standard InChI is InChI=1S/C30H32N2O6/c1-32(16-9-17-37-19-21-10-3-2-4-11-21)29(35)27(18-28(33)34)31-30(36)38-20-26-24-14-7-5-12-22(24)23-13-6-8-15-25(23)26/h2-8,10-15,26-27H,9,16-20H2,1H3,(H,31,36)(H,33,34). The lowest BCUT2D eigenvalue weighted by Crippen LogP contribution is -2.49. The molecule has 0 spiro atoms. The topological polar surface area (TPSA) is 105 Å². The summed E-state index contributed by atoms with van der Waals surface area (Å²) in [5.41, 5.74) is 5.39. The van der Waals surface area contributed by atoms with Crippen molar-refractivity contribution in [1.82, 2.24) is 10.2 Å². The Morgan fingerprint density at radius 3 is 2.16 bits per heavy atom. The molecule has 3 aromatic rings. The second-order valence-corrected chi connectivity index (χ2v) is 9.27. The Morgan fingerprint density at radius 1 is 0.921 bits per heavy atom. The number of likely N-dealkylation sites (N-methyl/N-ethyl adjacent to an activating group) is 1. The summed E-state index contributed by atoms with van der Waals surface area (Å²) < 4.78 is 11.2. The molecule has 0 bridgehead atoms. The normalized spacial score (nSPS) is 12.8. The molecule has 0 fully saturated rings. The largest absolute Gasteiger partial charge is 0.481 e. The van der Waals surface area contributed by atoms with Gasteiger partial charge in [0.15, 0.2) is 0 Å². The Morgan fingerprint density at radius 2 is 1.53 bits per heavy atom. The summed E-state index contributed by atoms with van der Waals surface area (Å²) in [7, 11) is 1.58. The summed E-state index contributed by atoms with van der Waals surface area (Å²) in [6.07, 6.45) is -0.802. The van der Waals surface area contributed by atoms with Crippen molar-refractivity contribution in [1.29, 1.82) is 0 Å². The number of alkyl carbamates (subject to hydrolysis) is 1. The van der Waals surface area contributed by atoms with Crippen molar-refractivity contribution in [2.24, 2.45) is 0 Å². The van der Waals surface area contributed by atoms with E-state index in [9.17, 15) is 19.5 Å². The van der Waals surface area contributed by atoms with Gasteiger partial charge in [0.1, 0.15) is 12.6 Å². The van der Waals surface area contributed by atoms with E-state index in [4.69, 9.17) is 9.47 Å². The molecule has 8 heteroatoms. The zero-order valence-electron chi connectivity index (χ0n) is 21.3. The number of benzene rings is 3. The number of carbonyl (C=O) groups is 3. The number of carbonyl (C=O) groups excluding carboxylic acids is 2. The maximum absolute atomic E-state index is 12.9. The highest BCUT2D eigenvalue weighted by Gasteiger charge is 2.31. The predicted octanol–water partition coefficient (Wildman–Crippen LogP) is 4.43. The minimum absolute atomic E-state index is 0.0719. The van der Waals surface area contributed by atoms with E-state index in [1.165, 1.54) is 4.90 Å². The lowest BCUT2D eigenvalue weighted by molar-refractivity contribution is -0.142. The lowest BCUT2D eigenvalue weighted by atomic mass is 9.98. The number of aliphatic carboxylic acids is 1. The van der Waals surface area contributed by atoms with Crippen molar-refractivity contribution >= 4 is 18.0 Å².